The number of thiophene rings is 1. The highest BCUT2D eigenvalue weighted by Gasteiger charge is 2.17. The summed E-state index contributed by atoms with van der Waals surface area (Å²) in [5, 5.41) is 0. The Morgan fingerprint density at radius 2 is 2.00 bits per heavy atom. The lowest BCUT2D eigenvalue weighted by Crippen LogP contribution is -2.22. The summed E-state index contributed by atoms with van der Waals surface area (Å²) in [6.45, 7) is 0.212. The maximum Gasteiger partial charge on any atom is 0.250 e. The van der Waals surface area contributed by atoms with Gasteiger partial charge < -0.3 is 5.73 Å². The van der Waals surface area contributed by atoms with E-state index in [1.165, 1.54) is 6.07 Å². The molecule has 0 saturated heterocycles. The summed E-state index contributed by atoms with van der Waals surface area (Å²) in [5.41, 5.74) is 6.34. The first-order valence-electron chi connectivity index (χ1n) is 5.53. The summed E-state index contributed by atoms with van der Waals surface area (Å²) >= 11 is 9.26. The van der Waals surface area contributed by atoms with Crippen molar-refractivity contribution in [3.05, 3.63) is 51.3 Å². The average Bonchev–Trinajstić information content (AvgIpc) is 2.88. The number of hydrogen-bond acceptors (Lipinski definition) is 4. The fourth-order valence-electron chi connectivity index (χ4n) is 1.48. The Bertz CT molecular complexity index is 741. The second-order valence-electron chi connectivity index (χ2n) is 3.90. The van der Waals surface area contributed by atoms with Crippen LogP contribution in [0.25, 0.3) is 0 Å². The summed E-state index contributed by atoms with van der Waals surface area (Å²) in [6.07, 6.45) is 0. The predicted octanol–water partition coefficient (Wildman–Crippen LogP) is 2.62. The third-order valence-corrected chi connectivity index (χ3v) is 6.63. The predicted molar refractivity (Wildman–Crippen MR) is 88.4 cm³/mol. The molecule has 0 amide bonds. The van der Waals surface area contributed by atoms with Gasteiger partial charge in [0.05, 0.1) is 4.88 Å². The fourth-order valence-corrected chi connectivity index (χ4v) is 4.31. The molecule has 0 bridgehead atoms. The highest BCUT2D eigenvalue weighted by atomic mass is 79.9. The Kier molecular flexibility index (Phi) is 4.92. The molecule has 0 aliphatic carbocycles. The van der Waals surface area contributed by atoms with Crippen LogP contribution in [0.1, 0.15) is 10.4 Å². The summed E-state index contributed by atoms with van der Waals surface area (Å²) in [5.74, 6) is 0. The molecule has 1 heterocycles. The van der Waals surface area contributed by atoms with Crippen LogP contribution in [0, 0.1) is 0 Å². The topological polar surface area (TPSA) is 72.2 Å². The third kappa shape index (κ3) is 3.64. The van der Waals surface area contributed by atoms with E-state index in [9.17, 15) is 8.42 Å². The lowest BCUT2D eigenvalue weighted by Gasteiger charge is -2.06. The molecule has 0 aliphatic heterocycles. The van der Waals surface area contributed by atoms with Crippen LogP contribution in [0.3, 0.4) is 0 Å². The molecular weight excluding hydrogens is 380 g/mol. The van der Waals surface area contributed by atoms with Crippen LogP contribution in [0.15, 0.2) is 45.1 Å². The number of benzene rings is 1. The second kappa shape index (κ2) is 6.31. The number of sulfonamides is 1. The normalized spacial score (nSPS) is 11.4. The van der Waals surface area contributed by atoms with Crippen molar-refractivity contribution in [1.29, 1.82) is 0 Å². The van der Waals surface area contributed by atoms with Crippen molar-refractivity contribution < 1.29 is 8.42 Å². The molecule has 2 aromatic rings. The van der Waals surface area contributed by atoms with E-state index in [4.69, 9.17) is 18.0 Å². The molecule has 3 N–H and O–H groups in total. The molecule has 2 rings (SSSR count). The molecule has 0 atom stereocenters. The van der Waals surface area contributed by atoms with Gasteiger partial charge in [0.1, 0.15) is 9.20 Å². The average molecular weight is 391 g/mol. The van der Waals surface area contributed by atoms with Crippen molar-refractivity contribution >= 4 is 54.5 Å². The maximum absolute atomic E-state index is 12.2. The van der Waals surface area contributed by atoms with Crippen molar-refractivity contribution in [2.45, 2.75) is 10.8 Å². The van der Waals surface area contributed by atoms with Crippen molar-refractivity contribution in [2.75, 3.05) is 0 Å². The van der Waals surface area contributed by atoms with Gasteiger partial charge in [0.15, 0.2) is 0 Å². The first-order valence-corrected chi connectivity index (χ1v) is 9.03. The molecule has 106 valence electrons. The standard InChI is InChI=1S/C12H11BrN2O2S3/c13-9-4-2-1-3-8(9)7-15-20(16,17)11-6-5-10(19-11)12(14)18/h1-6,15H,7H2,(H2,14,18). The Morgan fingerprint density at radius 3 is 2.60 bits per heavy atom. The number of thiocarbonyl (C=S) groups is 1. The van der Waals surface area contributed by atoms with Crippen LogP contribution in [0.4, 0.5) is 0 Å². The zero-order chi connectivity index (χ0) is 14.8. The van der Waals surface area contributed by atoms with Crippen LogP contribution < -0.4 is 10.5 Å². The fraction of sp³-hybridized carbons (Fsp3) is 0.0833. The molecule has 0 fully saturated rings. The van der Waals surface area contributed by atoms with Gasteiger partial charge in [0, 0.05) is 11.0 Å². The molecule has 0 radical (unpaired) electrons. The second-order valence-corrected chi connectivity index (χ2v) is 8.27. The minimum absolute atomic E-state index is 0.197. The monoisotopic (exact) mass is 390 g/mol. The molecule has 8 heteroatoms. The van der Waals surface area contributed by atoms with Crippen LogP contribution in [-0.2, 0) is 16.6 Å². The molecule has 0 spiro atoms. The third-order valence-electron chi connectivity index (χ3n) is 2.50. The lowest BCUT2D eigenvalue weighted by atomic mass is 10.2. The summed E-state index contributed by atoms with van der Waals surface area (Å²) < 4.78 is 27.9. The number of nitrogens with one attached hydrogen (secondary N) is 1. The number of rotatable bonds is 5. The van der Waals surface area contributed by atoms with Crippen LogP contribution in [0.2, 0.25) is 0 Å². The highest BCUT2D eigenvalue weighted by molar-refractivity contribution is 9.10. The van der Waals surface area contributed by atoms with Gasteiger partial charge in [-0.3, -0.25) is 0 Å². The largest absolute Gasteiger partial charge is 0.389 e. The van der Waals surface area contributed by atoms with Crippen molar-refractivity contribution in [3.8, 4) is 0 Å². The molecule has 4 nitrogen and oxygen atoms in total. The maximum atomic E-state index is 12.2. The van der Waals surface area contributed by atoms with Gasteiger partial charge in [0.25, 0.3) is 0 Å². The SMILES string of the molecule is NC(=S)c1ccc(S(=O)(=O)NCc2ccccc2Br)s1. The van der Waals surface area contributed by atoms with E-state index in [0.717, 1.165) is 21.4 Å². The lowest BCUT2D eigenvalue weighted by molar-refractivity contribution is 0.583. The van der Waals surface area contributed by atoms with E-state index in [1.54, 1.807) is 6.07 Å². The zero-order valence-corrected chi connectivity index (χ0v) is 14.2. The molecular formula is C12H11BrN2O2S3. The van der Waals surface area contributed by atoms with E-state index in [1.807, 2.05) is 24.3 Å². The van der Waals surface area contributed by atoms with E-state index in [2.05, 4.69) is 20.7 Å². The Morgan fingerprint density at radius 1 is 1.30 bits per heavy atom. The molecule has 1 aromatic heterocycles. The Hall–Kier alpha value is -0.800. The Labute approximate surface area is 135 Å². The Balaban J connectivity index is 2.15. The molecule has 0 unspecified atom stereocenters. The summed E-state index contributed by atoms with van der Waals surface area (Å²) in [4.78, 5) is 0.781. The van der Waals surface area contributed by atoms with Gasteiger partial charge in [-0.1, -0.05) is 46.3 Å². The minimum Gasteiger partial charge on any atom is -0.389 e. The van der Waals surface area contributed by atoms with Gasteiger partial charge in [-0.25, -0.2) is 13.1 Å². The molecule has 20 heavy (non-hydrogen) atoms. The van der Waals surface area contributed by atoms with Gasteiger partial charge in [-0.2, -0.15) is 0 Å². The van der Waals surface area contributed by atoms with E-state index >= 15 is 0 Å². The molecule has 1 aromatic carbocycles. The molecule has 0 saturated carbocycles. The van der Waals surface area contributed by atoms with E-state index in [-0.39, 0.29) is 15.7 Å². The van der Waals surface area contributed by atoms with Crippen LogP contribution >= 0.6 is 39.5 Å². The van der Waals surface area contributed by atoms with Crippen LogP contribution in [-0.4, -0.2) is 13.4 Å². The summed E-state index contributed by atoms with van der Waals surface area (Å²) in [6, 6.07) is 10.5. The first-order chi connectivity index (χ1) is 9.40. The zero-order valence-electron chi connectivity index (χ0n) is 10.2. The van der Waals surface area contributed by atoms with Crippen molar-refractivity contribution in [2.24, 2.45) is 5.73 Å². The van der Waals surface area contributed by atoms with Crippen molar-refractivity contribution in [3.63, 3.8) is 0 Å². The number of halogens is 1. The number of hydrogen-bond donors (Lipinski definition) is 2. The smallest absolute Gasteiger partial charge is 0.250 e. The van der Waals surface area contributed by atoms with Gasteiger partial charge in [-0.15, -0.1) is 11.3 Å². The van der Waals surface area contributed by atoms with Crippen molar-refractivity contribution in [1.82, 2.24) is 4.72 Å². The van der Waals surface area contributed by atoms with Gasteiger partial charge >= 0.3 is 0 Å². The summed E-state index contributed by atoms with van der Waals surface area (Å²) in [7, 11) is -3.56. The van der Waals surface area contributed by atoms with E-state index < -0.39 is 10.0 Å². The molecule has 0 aliphatic rings. The first kappa shape index (κ1) is 15.6. The van der Waals surface area contributed by atoms with Gasteiger partial charge in [0.2, 0.25) is 10.0 Å². The number of nitrogens with two attached hydrogens (primary N) is 1. The minimum atomic E-state index is -3.56. The quantitative estimate of drug-likeness (QED) is 0.769. The van der Waals surface area contributed by atoms with E-state index in [0.29, 0.717) is 4.88 Å². The van der Waals surface area contributed by atoms with Crippen LogP contribution in [0.5, 0.6) is 0 Å². The highest BCUT2D eigenvalue weighted by Crippen LogP contribution is 2.22. The van der Waals surface area contributed by atoms with Gasteiger partial charge in [-0.05, 0) is 23.8 Å².